The molecule has 0 amide bonds. The second-order valence-corrected chi connectivity index (χ2v) is 3.34. The van der Waals surface area contributed by atoms with Gasteiger partial charge in [0, 0.05) is 13.1 Å². The zero-order valence-electron chi connectivity index (χ0n) is 8.46. The van der Waals surface area contributed by atoms with Gasteiger partial charge in [0.2, 0.25) is 0 Å². The summed E-state index contributed by atoms with van der Waals surface area (Å²) < 4.78 is 0. The van der Waals surface area contributed by atoms with E-state index in [9.17, 15) is 0 Å². The van der Waals surface area contributed by atoms with Crippen molar-refractivity contribution < 1.29 is 0 Å². The normalized spacial score (nSPS) is 20.8. The Bertz CT molecular complexity index is 249. The molecule has 0 fully saturated rings. The van der Waals surface area contributed by atoms with E-state index in [4.69, 9.17) is 5.73 Å². The van der Waals surface area contributed by atoms with Crippen molar-refractivity contribution in [3.63, 3.8) is 0 Å². The molecule has 2 N–H and O–H groups in total. The lowest BCUT2D eigenvalue weighted by Crippen LogP contribution is -2.24. The molecule has 1 rings (SSSR count). The summed E-state index contributed by atoms with van der Waals surface area (Å²) in [7, 11) is 2.14. The largest absolute Gasteiger partial charge is 0.405 e. The fourth-order valence-electron chi connectivity index (χ4n) is 1.53. The molecule has 0 bridgehead atoms. The van der Waals surface area contributed by atoms with Gasteiger partial charge in [0.25, 0.3) is 0 Å². The highest BCUT2D eigenvalue weighted by Crippen LogP contribution is 2.18. The molecule has 0 aliphatic carbocycles. The van der Waals surface area contributed by atoms with Crippen molar-refractivity contribution >= 4 is 0 Å². The third kappa shape index (κ3) is 2.74. The van der Waals surface area contributed by atoms with E-state index in [-0.39, 0.29) is 0 Å². The van der Waals surface area contributed by atoms with E-state index in [1.54, 1.807) is 6.20 Å². The van der Waals surface area contributed by atoms with Crippen molar-refractivity contribution in [2.75, 3.05) is 20.1 Å². The van der Waals surface area contributed by atoms with Gasteiger partial charge in [-0.3, -0.25) is 0 Å². The van der Waals surface area contributed by atoms with Crippen LogP contribution in [0.5, 0.6) is 0 Å². The van der Waals surface area contributed by atoms with Crippen LogP contribution in [-0.4, -0.2) is 25.0 Å². The molecule has 0 atom stereocenters. The molecule has 0 unspecified atom stereocenters. The molecule has 0 aromatic heterocycles. The van der Waals surface area contributed by atoms with Crippen molar-refractivity contribution in [2.45, 2.75) is 13.3 Å². The Balaban J connectivity index is 2.71. The Hall–Kier alpha value is -1.02. The number of likely N-dealkylation sites (N-methyl/N-ethyl adjacent to an activating group) is 1. The smallest absolute Gasteiger partial charge is 0.0166 e. The van der Waals surface area contributed by atoms with E-state index in [1.165, 1.54) is 11.1 Å². The van der Waals surface area contributed by atoms with Gasteiger partial charge in [0.05, 0.1) is 0 Å². The fourth-order valence-corrected chi connectivity index (χ4v) is 1.53. The Kier molecular flexibility index (Phi) is 3.77. The third-order valence-electron chi connectivity index (χ3n) is 2.37. The quantitative estimate of drug-likeness (QED) is 0.652. The summed E-state index contributed by atoms with van der Waals surface area (Å²) in [4.78, 5) is 2.31. The first-order chi connectivity index (χ1) is 6.27. The van der Waals surface area contributed by atoms with Crippen LogP contribution in [0.4, 0.5) is 0 Å². The van der Waals surface area contributed by atoms with E-state index in [0.29, 0.717) is 0 Å². The van der Waals surface area contributed by atoms with Crippen LogP contribution in [-0.2, 0) is 0 Å². The minimum atomic E-state index is 1.05. The van der Waals surface area contributed by atoms with Crippen LogP contribution in [0.15, 0.2) is 35.6 Å². The molecule has 0 radical (unpaired) electrons. The minimum Gasteiger partial charge on any atom is -0.405 e. The van der Waals surface area contributed by atoms with E-state index in [1.807, 2.05) is 6.08 Å². The summed E-state index contributed by atoms with van der Waals surface area (Å²) >= 11 is 0. The van der Waals surface area contributed by atoms with Crippen molar-refractivity contribution in [1.29, 1.82) is 0 Å². The molecular formula is C11H18N2. The summed E-state index contributed by atoms with van der Waals surface area (Å²) in [5, 5.41) is 0. The van der Waals surface area contributed by atoms with Crippen LogP contribution in [0.3, 0.4) is 0 Å². The maximum Gasteiger partial charge on any atom is 0.0166 e. The molecular weight excluding hydrogens is 160 g/mol. The number of hydrogen-bond acceptors (Lipinski definition) is 2. The number of nitrogens with zero attached hydrogens (tertiary/aromatic N) is 1. The predicted molar refractivity (Wildman–Crippen MR) is 57.3 cm³/mol. The summed E-state index contributed by atoms with van der Waals surface area (Å²) in [5.41, 5.74) is 8.06. The minimum absolute atomic E-state index is 1.05. The lowest BCUT2D eigenvalue weighted by molar-refractivity contribution is 0.361. The molecule has 2 nitrogen and oxygen atoms in total. The summed E-state index contributed by atoms with van der Waals surface area (Å²) in [6, 6.07) is 0. The van der Waals surface area contributed by atoms with Crippen LogP contribution < -0.4 is 5.73 Å². The Morgan fingerprint density at radius 2 is 2.38 bits per heavy atom. The average molecular weight is 178 g/mol. The van der Waals surface area contributed by atoms with Crippen LogP contribution >= 0.6 is 0 Å². The highest BCUT2D eigenvalue weighted by atomic mass is 15.1. The van der Waals surface area contributed by atoms with Gasteiger partial charge in [0.1, 0.15) is 0 Å². The molecule has 0 aromatic carbocycles. The maximum absolute atomic E-state index is 5.38. The van der Waals surface area contributed by atoms with Gasteiger partial charge in [-0.25, -0.2) is 0 Å². The molecule has 2 heteroatoms. The molecule has 0 aromatic rings. The number of hydrogen-bond donors (Lipinski definition) is 1. The highest BCUT2D eigenvalue weighted by molar-refractivity contribution is 5.40. The Morgan fingerprint density at radius 1 is 1.62 bits per heavy atom. The van der Waals surface area contributed by atoms with E-state index in [2.05, 4.69) is 31.0 Å². The topological polar surface area (TPSA) is 29.3 Å². The molecule has 0 saturated carbocycles. The molecule has 13 heavy (non-hydrogen) atoms. The van der Waals surface area contributed by atoms with Crippen LogP contribution in [0.1, 0.15) is 13.3 Å². The average Bonchev–Trinajstić information content (AvgIpc) is 2.16. The molecule has 72 valence electrons. The molecule has 1 aliphatic rings. The van der Waals surface area contributed by atoms with Gasteiger partial charge < -0.3 is 10.6 Å². The van der Waals surface area contributed by atoms with Gasteiger partial charge >= 0.3 is 0 Å². The van der Waals surface area contributed by atoms with Gasteiger partial charge in [-0.2, -0.15) is 0 Å². The first-order valence-electron chi connectivity index (χ1n) is 4.70. The van der Waals surface area contributed by atoms with E-state index < -0.39 is 0 Å². The monoisotopic (exact) mass is 178 g/mol. The molecule has 1 aliphatic heterocycles. The lowest BCUT2D eigenvalue weighted by Gasteiger charge is -2.22. The van der Waals surface area contributed by atoms with Gasteiger partial charge in [-0.1, -0.05) is 12.2 Å². The summed E-state index contributed by atoms with van der Waals surface area (Å²) in [6.45, 7) is 4.24. The molecule has 0 spiro atoms. The first kappa shape index (κ1) is 10.1. The first-order valence-corrected chi connectivity index (χ1v) is 4.70. The number of rotatable bonds is 2. The lowest BCUT2D eigenvalue weighted by atomic mass is 9.99. The highest BCUT2D eigenvalue weighted by Gasteiger charge is 2.08. The number of allylic oxidation sites excluding steroid dienone is 3. The van der Waals surface area contributed by atoms with Crippen LogP contribution in [0.2, 0.25) is 0 Å². The summed E-state index contributed by atoms with van der Waals surface area (Å²) in [6.07, 6.45) is 9.09. The molecule has 1 heterocycles. The van der Waals surface area contributed by atoms with Crippen molar-refractivity contribution in [3.8, 4) is 0 Å². The second-order valence-electron chi connectivity index (χ2n) is 3.34. The number of nitrogens with two attached hydrogens (primary N) is 1. The van der Waals surface area contributed by atoms with Crippen molar-refractivity contribution in [1.82, 2.24) is 4.90 Å². The SMILES string of the molecule is C/C=C(\C=C/N)C1=CCN(C)CC1. The Labute approximate surface area is 80.4 Å². The van der Waals surface area contributed by atoms with Gasteiger partial charge in [0.15, 0.2) is 0 Å². The van der Waals surface area contributed by atoms with Gasteiger partial charge in [-0.05, 0) is 43.8 Å². The summed E-state index contributed by atoms with van der Waals surface area (Å²) in [5.74, 6) is 0. The zero-order valence-corrected chi connectivity index (χ0v) is 8.46. The van der Waals surface area contributed by atoms with Crippen molar-refractivity contribution in [3.05, 3.63) is 35.6 Å². The van der Waals surface area contributed by atoms with Crippen LogP contribution in [0, 0.1) is 0 Å². The van der Waals surface area contributed by atoms with E-state index >= 15 is 0 Å². The third-order valence-corrected chi connectivity index (χ3v) is 2.37. The van der Waals surface area contributed by atoms with Crippen molar-refractivity contribution in [2.24, 2.45) is 5.73 Å². The predicted octanol–water partition coefficient (Wildman–Crippen LogP) is 1.67. The van der Waals surface area contributed by atoms with E-state index in [0.717, 1.165) is 19.5 Å². The Morgan fingerprint density at radius 3 is 2.85 bits per heavy atom. The zero-order chi connectivity index (χ0) is 9.68. The van der Waals surface area contributed by atoms with Crippen LogP contribution in [0.25, 0.3) is 0 Å². The standard InChI is InChI=1S/C11H18N2/c1-3-10(4-7-12)11-5-8-13(2)9-6-11/h3-5,7H,6,8-9,12H2,1-2H3/b7-4-,10-3+. The fraction of sp³-hybridized carbons (Fsp3) is 0.455. The molecule has 0 saturated heterocycles. The van der Waals surface area contributed by atoms with Gasteiger partial charge in [-0.15, -0.1) is 0 Å². The second kappa shape index (κ2) is 4.87. The maximum atomic E-state index is 5.38.